The molecule has 0 aromatic heterocycles. The molecule has 0 saturated carbocycles. The zero-order valence-corrected chi connectivity index (χ0v) is 18.9. The maximum atomic E-state index is 13.1. The predicted octanol–water partition coefficient (Wildman–Crippen LogP) is 4.77. The Hall–Kier alpha value is -4.26. The molecule has 1 unspecified atom stereocenters. The topological polar surface area (TPSA) is 80.3 Å². The zero-order valence-electron chi connectivity index (χ0n) is 18.9. The summed E-state index contributed by atoms with van der Waals surface area (Å²) in [6, 6.07) is 16.1. The molecular formula is C27H22O7. The lowest BCUT2D eigenvalue weighted by atomic mass is 9.84. The Kier molecular flexibility index (Phi) is 5.45. The minimum Gasteiger partial charge on any atom is -0.497 e. The summed E-state index contributed by atoms with van der Waals surface area (Å²) in [7, 11) is 4.72. The summed E-state index contributed by atoms with van der Waals surface area (Å²) in [5, 5.41) is 0. The molecule has 1 atom stereocenters. The highest BCUT2D eigenvalue weighted by atomic mass is 16.5. The van der Waals surface area contributed by atoms with Gasteiger partial charge in [-0.3, -0.25) is 9.59 Å². The lowest BCUT2D eigenvalue weighted by Gasteiger charge is -2.26. The lowest BCUT2D eigenvalue weighted by molar-refractivity contribution is -0.135. The largest absolute Gasteiger partial charge is 0.497 e. The second kappa shape index (κ2) is 8.59. The molecule has 0 spiro atoms. The van der Waals surface area contributed by atoms with Gasteiger partial charge in [0.15, 0.2) is 17.3 Å². The highest BCUT2D eigenvalue weighted by molar-refractivity contribution is 6.15. The minimum absolute atomic E-state index is 0.105. The van der Waals surface area contributed by atoms with E-state index in [0.717, 1.165) is 16.9 Å². The van der Waals surface area contributed by atoms with Crippen LogP contribution >= 0.6 is 0 Å². The van der Waals surface area contributed by atoms with Crippen LogP contribution in [-0.2, 0) is 4.79 Å². The van der Waals surface area contributed by atoms with Gasteiger partial charge in [-0.15, -0.1) is 0 Å². The Bertz CT molecular complexity index is 1320. The van der Waals surface area contributed by atoms with Crippen molar-refractivity contribution < 1.29 is 33.3 Å². The first-order chi connectivity index (χ1) is 16.5. The van der Waals surface area contributed by atoms with Crippen LogP contribution in [0.25, 0.3) is 6.08 Å². The first kappa shape index (κ1) is 21.6. The highest BCUT2D eigenvalue weighted by Gasteiger charge is 2.38. The van der Waals surface area contributed by atoms with E-state index in [1.54, 1.807) is 45.6 Å². The fourth-order valence-electron chi connectivity index (χ4n) is 4.31. The normalized spacial score (nSPS) is 17.5. The number of allylic oxidation sites excluding steroid dienone is 1. The summed E-state index contributed by atoms with van der Waals surface area (Å²) in [5.74, 6) is 1.89. The molecule has 0 aliphatic carbocycles. The van der Waals surface area contributed by atoms with Crippen molar-refractivity contribution in [3.05, 3.63) is 82.6 Å². The number of rotatable bonds is 5. The van der Waals surface area contributed by atoms with Gasteiger partial charge >= 0.3 is 5.97 Å². The Labute approximate surface area is 196 Å². The van der Waals surface area contributed by atoms with Gasteiger partial charge in [-0.1, -0.05) is 18.2 Å². The molecule has 0 fully saturated rings. The molecule has 0 saturated heterocycles. The number of fused-ring (bicyclic) bond motifs is 3. The molecule has 0 amide bonds. The van der Waals surface area contributed by atoms with Gasteiger partial charge in [-0.05, 0) is 53.6 Å². The lowest BCUT2D eigenvalue weighted by Crippen LogP contribution is -2.21. The molecule has 3 aromatic rings. The number of methoxy groups -OCH3 is 3. The molecule has 172 valence electrons. The van der Waals surface area contributed by atoms with Crippen molar-refractivity contribution in [3.8, 4) is 28.7 Å². The van der Waals surface area contributed by atoms with Gasteiger partial charge in [0.1, 0.15) is 17.2 Å². The first-order valence-corrected chi connectivity index (χ1v) is 10.7. The molecule has 2 aliphatic heterocycles. The molecule has 3 aromatic carbocycles. The number of hydrogen-bond acceptors (Lipinski definition) is 7. The van der Waals surface area contributed by atoms with E-state index in [-0.39, 0.29) is 29.9 Å². The summed E-state index contributed by atoms with van der Waals surface area (Å²) in [6.07, 6.45) is 1.79. The van der Waals surface area contributed by atoms with Crippen LogP contribution < -0.4 is 23.7 Å². The van der Waals surface area contributed by atoms with Crippen molar-refractivity contribution in [1.82, 2.24) is 0 Å². The molecule has 7 heteroatoms. The van der Waals surface area contributed by atoms with Crippen LogP contribution in [0.1, 0.15) is 39.4 Å². The molecule has 0 N–H and O–H groups in total. The molecule has 2 heterocycles. The van der Waals surface area contributed by atoms with E-state index in [1.807, 2.05) is 36.4 Å². The number of carbonyl (C=O) groups excluding carboxylic acids is 2. The van der Waals surface area contributed by atoms with Gasteiger partial charge in [0.2, 0.25) is 5.78 Å². The van der Waals surface area contributed by atoms with Crippen molar-refractivity contribution in [2.75, 3.05) is 21.3 Å². The van der Waals surface area contributed by atoms with Crippen LogP contribution in [0.5, 0.6) is 28.7 Å². The number of Topliss-reactive ketones (excluding diaryl/α,β-unsaturated/α-hetero) is 1. The van der Waals surface area contributed by atoms with E-state index in [4.69, 9.17) is 23.7 Å². The van der Waals surface area contributed by atoms with E-state index >= 15 is 0 Å². The van der Waals surface area contributed by atoms with Gasteiger partial charge < -0.3 is 23.7 Å². The van der Waals surface area contributed by atoms with Gasteiger partial charge in [-0.2, -0.15) is 0 Å². The van der Waals surface area contributed by atoms with Gasteiger partial charge in [0.05, 0.1) is 33.3 Å². The third-order valence-electron chi connectivity index (χ3n) is 6.00. The number of ketones is 1. The van der Waals surface area contributed by atoms with Gasteiger partial charge in [0.25, 0.3) is 0 Å². The van der Waals surface area contributed by atoms with E-state index in [2.05, 4.69) is 0 Å². The van der Waals surface area contributed by atoms with Crippen LogP contribution in [0.3, 0.4) is 0 Å². The zero-order chi connectivity index (χ0) is 23.8. The fourth-order valence-corrected chi connectivity index (χ4v) is 4.31. The number of esters is 1. The fraction of sp³-hybridized carbons (Fsp3) is 0.185. The van der Waals surface area contributed by atoms with E-state index < -0.39 is 0 Å². The molecule has 34 heavy (non-hydrogen) atoms. The predicted molar refractivity (Wildman–Crippen MR) is 124 cm³/mol. The van der Waals surface area contributed by atoms with E-state index in [9.17, 15) is 9.59 Å². The van der Waals surface area contributed by atoms with Crippen molar-refractivity contribution in [2.45, 2.75) is 12.3 Å². The second-order valence-electron chi connectivity index (χ2n) is 7.91. The van der Waals surface area contributed by atoms with Crippen molar-refractivity contribution in [3.63, 3.8) is 0 Å². The summed E-state index contributed by atoms with van der Waals surface area (Å²) in [5.41, 5.74) is 2.72. The molecular weight excluding hydrogens is 436 g/mol. The van der Waals surface area contributed by atoms with E-state index in [0.29, 0.717) is 34.1 Å². The molecule has 0 radical (unpaired) electrons. The summed E-state index contributed by atoms with van der Waals surface area (Å²) < 4.78 is 27.6. The highest BCUT2D eigenvalue weighted by Crippen LogP contribution is 2.49. The monoisotopic (exact) mass is 458 g/mol. The number of hydrogen-bond donors (Lipinski definition) is 0. The minimum atomic E-state index is -0.376. The summed E-state index contributed by atoms with van der Waals surface area (Å²) >= 11 is 0. The third-order valence-corrected chi connectivity index (χ3v) is 6.00. The average molecular weight is 458 g/mol. The Morgan fingerprint density at radius 3 is 2.32 bits per heavy atom. The molecule has 7 nitrogen and oxygen atoms in total. The Morgan fingerprint density at radius 1 is 0.853 bits per heavy atom. The molecule has 5 rings (SSSR count). The van der Waals surface area contributed by atoms with Crippen molar-refractivity contribution >= 4 is 17.8 Å². The Morgan fingerprint density at radius 2 is 1.62 bits per heavy atom. The van der Waals surface area contributed by atoms with Crippen LogP contribution in [0.2, 0.25) is 0 Å². The first-order valence-electron chi connectivity index (χ1n) is 10.7. The average Bonchev–Trinajstić information content (AvgIpc) is 3.18. The second-order valence-corrected chi connectivity index (χ2v) is 7.91. The van der Waals surface area contributed by atoms with Crippen molar-refractivity contribution in [1.29, 1.82) is 0 Å². The SMILES string of the molecule is COc1ccc(/C=C2\Oc3c(ccc4c3C(c3ccc(OC)c(OC)c3)CC(=O)O4)C2=O)cc1. The number of ether oxygens (including phenoxy) is 5. The number of carbonyl (C=O) groups is 2. The van der Waals surface area contributed by atoms with E-state index in [1.165, 1.54) is 0 Å². The van der Waals surface area contributed by atoms with Crippen molar-refractivity contribution in [2.24, 2.45) is 0 Å². The standard InChI is InChI=1S/C27H22O7/c1-30-17-7-4-15(5-8-17)12-23-26(29)18-9-11-21-25(27(18)34-23)19(14-24(28)33-21)16-6-10-20(31-2)22(13-16)32-3/h4-13,19H,14H2,1-3H3/b23-12-. The Balaban J connectivity index is 1.58. The molecule has 2 aliphatic rings. The van der Waals surface area contributed by atoms with Gasteiger partial charge in [0, 0.05) is 11.5 Å². The maximum absolute atomic E-state index is 13.1. The van der Waals surface area contributed by atoms with Crippen LogP contribution in [0.15, 0.2) is 60.4 Å². The third kappa shape index (κ3) is 3.65. The maximum Gasteiger partial charge on any atom is 0.312 e. The van der Waals surface area contributed by atoms with Crippen LogP contribution in [-0.4, -0.2) is 33.1 Å². The van der Waals surface area contributed by atoms with Crippen LogP contribution in [0.4, 0.5) is 0 Å². The molecule has 0 bridgehead atoms. The number of benzene rings is 3. The van der Waals surface area contributed by atoms with Gasteiger partial charge in [-0.25, -0.2) is 0 Å². The smallest absolute Gasteiger partial charge is 0.312 e. The summed E-state index contributed by atoms with van der Waals surface area (Å²) in [6.45, 7) is 0. The summed E-state index contributed by atoms with van der Waals surface area (Å²) in [4.78, 5) is 25.5. The quantitative estimate of drug-likeness (QED) is 0.310. The van der Waals surface area contributed by atoms with Crippen LogP contribution in [0, 0.1) is 0 Å².